The van der Waals surface area contributed by atoms with Crippen molar-refractivity contribution in [1.29, 1.82) is 0 Å². The summed E-state index contributed by atoms with van der Waals surface area (Å²) in [7, 11) is -4.25. The highest BCUT2D eigenvalue weighted by atomic mass is 32.2. The number of hydrogen-bond donors (Lipinski definition) is 1. The Kier molecular flexibility index (Phi) is 2.29. The van der Waals surface area contributed by atoms with Gasteiger partial charge in [0.15, 0.2) is 0 Å². The number of rotatable bonds is 1. The van der Waals surface area contributed by atoms with E-state index in [-0.39, 0.29) is 4.90 Å². The maximum absolute atomic E-state index is 11.1. The molecule has 3 rings (SSSR count). The van der Waals surface area contributed by atoms with Crippen LogP contribution in [0.3, 0.4) is 0 Å². The van der Waals surface area contributed by atoms with Crippen molar-refractivity contribution in [1.82, 2.24) is 9.97 Å². The topological polar surface area (TPSA) is 80.2 Å². The summed E-state index contributed by atoms with van der Waals surface area (Å²) < 4.78 is 31.2. The van der Waals surface area contributed by atoms with Crippen LogP contribution in [0.1, 0.15) is 0 Å². The molecule has 0 amide bonds. The minimum Gasteiger partial charge on any atom is -0.282 e. The Hall–Kier alpha value is -2.05. The predicted molar refractivity (Wildman–Crippen MR) is 66.9 cm³/mol. The van der Waals surface area contributed by atoms with E-state index in [2.05, 4.69) is 9.97 Å². The second kappa shape index (κ2) is 3.72. The van der Waals surface area contributed by atoms with E-state index in [1.165, 1.54) is 6.07 Å². The number of benzene rings is 1. The standard InChI is InChI=1S/C12H8N2O3S/c15-18(16,17)9-6-10-11(14-7-9)4-3-8-2-1-5-13-12(8)10/h1-7H,(H,15,16,17). The van der Waals surface area contributed by atoms with Crippen LogP contribution in [0.25, 0.3) is 21.8 Å². The zero-order valence-corrected chi connectivity index (χ0v) is 9.92. The molecule has 0 atom stereocenters. The van der Waals surface area contributed by atoms with Crippen LogP contribution in [-0.2, 0) is 10.1 Å². The number of fused-ring (bicyclic) bond motifs is 3. The first kappa shape index (κ1) is 11.1. The van der Waals surface area contributed by atoms with Crippen LogP contribution in [0, 0.1) is 0 Å². The average Bonchev–Trinajstić information content (AvgIpc) is 2.37. The van der Waals surface area contributed by atoms with Gasteiger partial charge < -0.3 is 0 Å². The zero-order valence-electron chi connectivity index (χ0n) is 9.11. The SMILES string of the molecule is O=S(=O)(O)c1cnc2ccc3cccnc3c2c1. The fraction of sp³-hybridized carbons (Fsp3) is 0. The molecule has 0 unspecified atom stereocenters. The monoisotopic (exact) mass is 260 g/mol. The first-order valence-corrected chi connectivity index (χ1v) is 6.61. The van der Waals surface area contributed by atoms with Gasteiger partial charge in [0.2, 0.25) is 0 Å². The molecule has 0 saturated heterocycles. The molecule has 5 nitrogen and oxygen atoms in total. The van der Waals surface area contributed by atoms with Gasteiger partial charge in [-0.1, -0.05) is 12.1 Å². The lowest BCUT2D eigenvalue weighted by atomic mass is 10.1. The van der Waals surface area contributed by atoms with Crippen molar-refractivity contribution in [2.75, 3.05) is 0 Å². The molecule has 0 bridgehead atoms. The van der Waals surface area contributed by atoms with Crippen LogP contribution in [0.2, 0.25) is 0 Å². The van der Waals surface area contributed by atoms with Crippen molar-refractivity contribution in [2.24, 2.45) is 0 Å². The van der Waals surface area contributed by atoms with Crippen LogP contribution < -0.4 is 0 Å². The molecule has 0 radical (unpaired) electrons. The van der Waals surface area contributed by atoms with Gasteiger partial charge in [0.1, 0.15) is 4.90 Å². The Labute approximate surface area is 103 Å². The highest BCUT2D eigenvalue weighted by Gasteiger charge is 2.12. The normalized spacial score (nSPS) is 12.1. The molecule has 1 aromatic carbocycles. The fourth-order valence-corrected chi connectivity index (χ4v) is 2.32. The lowest BCUT2D eigenvalue weighted by Crippen LogP contribution is -1.99. The Bertz CT molecular complexity index is 859. The van der Waals surface area contributed by atoms with Crippen LogP contribution in [0.5, 0.6) is 0 Å². The van der Waals surface area contributed by atoms with E-state index in [1.807, 2.05) is 12.1 Å². The summed E-state index contributed by atoms with van der Waals surface area (Å²) in [5, 5.41) is 1.49. The van der Waals surface area contributed by atoms with Gasteiger partial charge in [-0.15, -0.1) is 0 Å². The predicted octanol–water partition coefficient (Wildman–Crippen LogP) is 2.03. The smallest absolute Gasteiger partial charge is 0.282 e. The van der Waals surface area contributed by atoms with Gasteiger partial charge in [-0.25, -0.2) is 0 Å². The Morgan fingerprint density at radius 2 is 1.94 bits per heavy atom. The minimum atomic E-state index is -4.25. The van der Waals surface area contributed by atoms with Crippen molar-refractivity contribution in [3.8, 4) is 0 Å². The summed E-state index contributed by atoms with van der Waals surface area (Å²) >= 11 is 0. The maximum atomic E-state index is 11.1. The number of hydrogen-bond acceptors (Lipinski definition) is 4. The van der Waals surface area contributed by atoms with E-state index in [9.17, 15) is 8.42 Å². The number of pyridine rings is 2. The van der Waals surface area contributed by atoms with Gasteiger partial charge in [0.25, 0.3) is 10.1 Å². The molecule has 3 aromatic rings. The Morgan fingerprint density at radius 3 is 2.72 bits per heavy atom. The minimum absolute atomic E-state index is 0.229. The van der Waals surface area contributed by atoms with Gasteiger partial charge in [-0.3, -0.25) is 14.5 Å². The molecule has 2 heterocycles. The summed E-state index contributed by atoms with van der Waals surface area (Å²) in [6.07, 6.45) is 2.76. The largest absolute Gasteiger partial charge is 0.296 e. The van der Waals surface area contributed by atoms with E-state index in [4.69, 9.17) is 4.55 Å². The van der Waals surface area contributed by atoms with E-state index in [0.29, 0.717) is 16.4 Å². The number of aromatic nitrogens is 2. The highest BCUT2D eigenvalue weighted by Crippen LogP contribution is 2.24. The lowest BCUT2D eigenvalue weighted by Gasteiger charge is -2.03. The molecular weight excluding hydrogens is 252 g/mol. The van der Waals surface area contributed by atoms with E-state index in [0.717, 1.165) is 11.6 Å². The fourth-order valence-electron chi connectivity index (χ4n) is 1.87. The molecule has 18 heavy (non-hydrogen) atoms. The van der Waals surface area contributed by atoms with Crippen molar-refractivity contribution in [3.05, 3.63) is 42.7 Å². The van der Waals surface area contributed by atoms with Gasteiger partial charge >= 0.3 is 0 Å². The summed E-state index contributed by atoms with van der Waals surface area (Å²) in [6, 6.07) is 8.71. The second-order valence-corrected chi connectivity index (χ2v) is 5.27. The van der Waals surface area contributed by atoms with Crippen molar-refractivity contribution in [3.63, 3.8) is 0 Å². The van der Waals surface area contributed by atoms with E-state index >= 15 is 0 Å². The molecule has 0 aliphatic heterocycles. The van der Waals surface area contributed by atoms with Crippen LogP contribution in [0.4, 0.5) is 0 Å². The molecule has 90 valence electrons. The van der Waals surface area contributed by atoms with E-state index < -0.39 is 10.1 Å². The first-order chi connectivity index (χ1) is 8.55. The summed E-state index contributed by atoms with van der Waals surface area (Å²) in [6.45, 7) is 0. The first-order valence-electron chi connectivity index (χ1n) is 5.17. The van der Waals surface area contributed by atoms with Crippen LogP contribution in [-0.4, -0.2) is 22.9 Å². The molecule has 0 aliphatic carbocycles. The summed E-state index contributed by atoms with van der Waals surface area (Å²) in [5.74, 6) is 0. The molecule has 1 N–H and O–H groups in total. The van der Waals surface area contributed by atoms with Gasteiger partial charge in [-0.05, 0) is 18.2 Å². The Balaban J connectivity index is 2.48. The molecule has 2 aromatic heterocycles. The van der Waals surface area contributed by atoms with Crippen LogP contribution in [0.15, 0.2) is 47.6 Å². The number of nitrogens with zero attached hydrogens (tertiary/aromatic N) is 2. The highest BCUT2D eigenvalue weighted by molar-refractivity contribution is 7.85. The van der Waals surface area contributed by atoms with Crippen LogP contribution >= 0.6 is 0 Å². The quantitative estimate of drug-likeness (QED) is 0.535. The van der Waals surface area contributed by atoms with Crippen molar-refractivity contribution < 1.29 is 13.0 Å². The lowest BCUT2D eigenvalue weighted by molar-refractivity contribution is 0.483. The van der Waals surface area contributed by atoms with Crippen molar-refractivity contribution in [2.45, 2.75) is 4.90 Å². The van der Waals surface area contributed by atoms with E-state index in [1.54, 1.807) is 18.3 Å². The summed E-state index contributed by atoms with van der Waals surface area (Å²) in [4.78, 5) is 8.01. The third-order valence-corrected chi connectivity index (χ3v) is 3.53. The average molecular weight is 260 g/mol. The third kappa shape index (κ3) is 1.71. The summed E-state index contributed by atoms with van der Waals surface area (Å²) in [5.41, 5.74) is 1.29. The molecule has 0 aliphatic rings. The van der Waals surface area contributed by atoms with Gasteiger partial charge in [0, 0.05) is 23.2 Å². The molecule has 0 fully saturated rings. The molecule has 6 heteroatoms. The Morgan fingerprint density at radius 1 is 1.11 bits per heavy atom. The second-order valence-electron chi connectivity index (χ2n) is 3.85. The third-order valence-electron chi connectivity index (χ3n) is 2.71. The van der Waals surface area contributed by atoms with Gasteiger partial charge in [-0.2, -0.15) is 8.42 Å². The molecule has 0 saturated carbocycles. The van der Waals surface area contributed by atoms with Gasteiger partial charge in [0.05, 0.1) is 11.0 Å². The molecular formula is C12H8N2O3S. The van der Waals surface area contributed by atoms with Crippen molar-refractivity contribution >= 4 is 31.9 Å². The zero-order chi connectivity index (χ0) is 12.8. The molecule has 0 spiro atoms. The maximum Gasteiger partial charge on any atom is 0.296 e.